The lowest BCUT2D eigenvalue weighted by Gasteiger charge is -2.29. The van der Waals surface area contributed by atoms with Gasteiger partial charge in [0.2, 0.25) is 0 Å². The summed E-state index contributed by atoms with van der Waals surface area (Å²) in [6.45, 7) is -2.74. The third kappa shape index (κ3) is 4.99. The minimum atomic E-state index is -4.79. The molecule has 9 heteroatoms. The molecule has 0 saturated carbocycles. The summed E-state index contributed by atoms with van der Waals surface area (Å²) >= 11 is 0. The van der Waals surface area contributed by atoms with E-state index in [9.17, 15) is 22.0 Å². The molecular weight excluding hydrogens is 421 g/mol. The second-order valence-corrected chi connectivity index (χ2v) is 6.72. The predicted octanol–water partition coefficient (Wildman–Crippen LogP) is 6.40. The van der Waals surface area contributed by atoms with E-state index in [4.69, 9.17) is 4.74 Å². The lowest BCUT2D eigenvalue weighted by Crippen LogP contribution is -2.24. The average Bonchev–Trinajstić information content (AvgIpc) is 2.71. The maximum Gasteiger partial charge on any atom is 0.573 e. The third-order valence-corrected chi connectivity index (χ3v) is 4.60. The van der Waals surface area contributed by atoms with Gasteiger partial charge in [-0.2, -0.15) is 8.78 Å². The predicted molar refractivity (Wildman–Crippen MR) is 103 cm³/mol. The van der Waals surface area contributed by atoms with Crippen molar-refractivity contribution in [3.63, 3.8) is 0 Å². The van der Waals surface area contributed by atoms with Gasteiger partial charge in [-0.15, -0.1) is 13.2 Å². The van der Waals surface area contributed by atoms with E-state index < -0.39 is 13.0 Å². The van der Waals surface area contributed by atoms with Gasteiger partial charge in [0, 0.05) is 5.56 Å². The summed E-state index contributed by atoms with van der Waals surface area (Å²) in [6, 6.07) is 16.8. The van der Waals surface area contributed by atoms with E-state index in [1.807, 2.05) is 0 Å². The molecule has 0 saturated heterocycles. The van der Waals surface area contributed by atoms with Crippen molar-refractivity contribution in [1.82, 2.24) is 0 Å². The van der Waals surface area contributed by atoms with Crippen molar-refractivity contribution in [2.45, 2.75) is 19.0 Å². The fraction of sp³-hybridized carbons (Fsp3) is 0.182. The molecule has 1 heterocycles. The van der Waals surface area contributed by atoms with Crippen molar-refractivity contribution >= 4 is 5.69 Å². The second kappa shape index (κ2) is 8.33. The Labute approximate surface area is 174 Å². The molecule has 4 nitrogen and oxygen atoms in total. The number of fused-ring (bicyclic) bond motifs is 1. The first kappa shape index (κ1) is 20.8. The number of rotatable bonds is 5. The van der Waals surface area contributed by atoms with Crippen molar-refractivity contribution in [2.75, 3.05) is 11.9 Å². The lowest BCUT2D eigenvalue weighted by atomic mass is 10.0. The number of ether oxygens (including phenoxy) is 3. The molecule has 31 heavy (non-hydrogen) atoms. The molecule has 0 bridgehead atoms. The largest absolute Gasteiger partial charge is 0.573 e. The molecule has 0 radical (unpaired) electrons. The van der Waals surface area contributed by atoms with Crippen molar-refractivity contribution in [3.05, 3.63) is 72.3 Å². The SMILES string of the molecule is FC(F)Oc1cccc(C2COc3c(cccc3-c3cccc(OC(F)(F)F)c3)N2)c1. The van der Waals surface area contributed by atoms with E-state index >= 15 is 0 Å². The third-order valence-electron chi connectivity index (χ3n) is 4.60. The molecule has 1 N–H and O–H groups in total. The molecule has 3 aromatic carbocycles. The van der Waals surface area contributed by atoms with Crippen LogP contribution in [0.25, 0.3) is 11.1 Å². The van der Waals surface area contributed by atoms with E-state index in [-0.39, 0.29) is 24.1 Å². The first-order valence-electron chi connectivity index (χ1n) is 9.22. The van der Waals surface area contributed by atoms with Gasteiger partial charge >= 0.3 is 13.0 Å². The Balaban J connectivity index is 1.59. The zero-order chi connectivity index (χ0) is 22.0. The van der Waals surface area contributed by atoms with Crippen molar-refractivity contribution < 1.29 is 36.2 Å². The zero-order valence-corrected chi connectivity index (χ0v) is 15.8. The smallest absolute Gasteiger partial charge is 0.488 e. The number of nitrogens with one attached hydrogen (secondary N) is 1. The molecular formula is C22H16F5NO3. The number of hydrogen-bond acceptors (Lipinski definition) is 4. The van der Waals surface area contributed by atoms with E-state index in [2.05, 4.69) is 14.8 Å². The monoisotopic (exact) mass is 437 g/mol. The molecule has 0 amide bonds. The lowest BCUT2D eigenvalue weighted by molar-refractivity contribution is -0.274. The van der Waals surface area contributed by atoms with Crippen LogP contribution in [-0.2, 0) is 0 Å². The van der Waals surface area contributed by atoms with E-state index in [0.29, 0.717) is 28.1 Å². The summed E-state index contributed by atoms with van der Waals surface area (Å²) in [5.74, 6) is 0.179. The van der Waals surface area contributed by atoms with Gasteiger partial charge in [-0.25, -0.2) is 0 Å². The Morgan fingerprint density at radius 3 is 2.45 bits per heavy atom. The van der Waals surface area contributed by atoms with Gasteiger partial charge in [-0.1, -0.05) is 36.4 Å². The molecule has 162 valence electrons. The Morgan fingerprint density at radius 1 is 0.935 bits per heavy atom. The fourth-order valence-corrected chi connectivity index (χ4v) is 3.38. The Kier molecular flexibility index (Phi) is 5.58. The second-order valence-electron chi connectivity index (χ2n) is 6.72. The minimum Gasteiger partial charge on any atom is -0.488 e. The molecule has 1 aliphatic heterocycles. The Morgan fingerprint density at radius 2 is 1.68 bits per heavy atom. The Hall–Kier alpha value is -3.49. The molecule has 0 fully saturated rings. The molecule has 0 spiro atoms. The normalized spacial score (nSPS) is 15.6. The van der Waals surface area contributed by atoms with Gasteiger partial charge in [0.15, 0.2) is 0 Å². The molecule has 4 rings (SSSR count). The molecule has 3 aromatic rings. The van der Waals surface area contributed by atoms with E-state index in [0.717, 1.165) is 0 Å². The summed E-state index contributed by atoms with van der Waals surface area (Å²) in [7, 11) is 0. The quantitative estimate of drug-likeness (QED) is 0.469. The summed E-state index contributed by atoms with van der Waals surface area (Å²) < 4.78 is 77.0. The highest BCUT2D eigenvalue weighted by Crippen LogP contribution is 2.42. The molecule has 1 aliphatic rings. The van der Waals surface area contributed by atoms with E-state index in [1.165, 1.54) is 30.3 Å². The molecule has 0 aromatic heterocycles. The highest BCUT2D eigenvalue weighted by molar-refractivity contribution is 5.79. The number of hydrogen-bond donors (Lipinski definition) is 1. The number of halogens is 5. The van der Waals surface area contributed by atoms with Crippen LogP contribution in [0.15, 0.2) is 66.7 Å². The number of alkyl halides is 5. The van der Waals surface area contributed by atoms with Gasteiger partial charge in [0.25, 0.3) is 0 Å². The van der Waals surface area contributed by atoms with Crippen LogP contribution < -0.4 is 19.5 Å². The van der Waals surface area contributed by atoms with Crippen LogP contribution in [0, 0.1) is 0 Å². The van der Waals surface area contributed by atoms with Gasteiger partial charge < -0.3 is 19.5 Å². The van der Waals surface area contributed by atoms with Gasteiger partial charge in [-0.3, -0.25) is 0 Å². The van der Waals surface area contributed by atoms with Crippen molar-refractivity contribution in [3.8, 4) is 28.4 Å². The minimum absolute atomic E-state index is 0.0373. The summed E-state index contributed by atoms with van der Waals surface area (Å²) in [5.41, 5.74) is 2.39. The topological polar surface area (TPSA) is 39.7 Å². The molecule has 1 unspecified atom stereocenters. The van der Waals surface area contributed by atoms with Crippen LogP contribution in [0.5, 0.6) is 17.2 Å². The van der Waals surface area contributed by atoms with Gasteiger partial charge in [0.1, 0.15) is 23.9 Å². The maximum atomic E-state index is 12.5. The standard InChI is InChI=1S/C22H16F5NO3/c23-21(24)30-15-6-2-5-14(11-15)19-12-29-20-17(8-3-9-18(20)28-19)13-4-1-7-16(10-13)31-22(25,26)27/h1-11,19,21,28H,12H2. The first-order chi connectivity index (χ1) is 14.8. The van der Waals surface area contributed by atoms with Crippen LogP contribution in [0.3, 0.4) is 0 Å². The van der Waals surface area contributed by atoms with Crippen LogP contribution >= 0.6 is 0 Å². The number of anilines is 1. The van der Waals surface area contributed by atoms with Crippen LogP contribution in [0.4, 0.5) is 27.6 Å². The highest BCUT2D eigenvalue weighted by atomic mass is 19.4. The number of para-hydroxylation sites is 1. The fourth-order valence-electron chi connectivity index (χ4n) is 3.38. The van der Waals surface area contributed by atoms with Crippen LogP contribution in [0.2, 0.25) is 0 Å². The highest BCUT2D eigenvalue weighted by Gasteiger charge is 2.31. The zero-order valence-electron chi connectivity index (χ0n) is 15.8. The first-order valence-corrected chi connectivity index (χ1v) is 9.22. The van der Waals surface area contributed by atoms with Crippen LogP contribution in [0.1, 0.15) is 11.6 Å². The van der Waals surface area contributed by atoms with Crippen molar-refractivity contribution in [1.29, 1.82) is 0 Å². The molecule has 0 aliphatic carbocycles. The summed E-state index contributed by atoms with van der Waals surface area (Å²) in [4.78, 5) is 0. The van der Waals surface area contributed by atoms with E-state index in [1.54, 1.807) is 36.4 Å². The summed E-state index contributed by atoms with van der Waals surface area (Å²) in [5, 5.41) is 3.28. The van der Waals surface area contributed by atoms with Gasteiger partial charge in [-0.05, 0) is 41.5 Å². The van der Waals surface area contributed by atoms with Crippen molar-refractivity contribution in [2.24, 2.45) is 0 Å². The molecule has 1 atom stereocenters. The van der Waals surface area contributed by atoms with Gasteiger partial charge in [0.05, 0.1) is 11.7 Å². The number of benzene rings is 3. The average molecular weight is 437 g/mol. The van der Waals surface area contributed by atoms with Crippen LogP contribution in [-0.4, -0.2) is 19.6 Å². The Bertz CT molecular complexity index is 1070. The maximum absolute atomic E-state index is 12.5. The summed E-state index contributed by atoms with van der Waals surface area (Å²) in [6.07, 6.45) is -4.79.